The minimum Gasteiger partial charge on any atom is -0.491 e. The Hall–Kier alpha value is -3.76. The van der Waals surface area contributed by atoms with E-state index < -0.39 is 21.2 Å². The summed E-state index contributed by atoms with van der Waals surface area (Å²) < 4.78 is 45.3. The second-order valence-corrected chi connectivity index (χ2v) is 13.2. The van der Waals surface area contributed by atoms with Crippen molar-refractivity contribution in [2.75, 3.05) is 39.3 Å². The quantitative estimate of drug-likeness (QED) is 0.130. The number of carbonyl (C=O) groups is 1. The highest BCUT2D eigenvalue weighted by Crippen LogP contribution is 2.38. The van der Waals surface area contributed by atoms with Crippen molar-refractivity contribution in [2.45, 2.75) is 56.7 Å². The summed E-state index contributed by atoms with van der Waals surface area (Å²) in [5.74, 6) is 0.00680. The fourth-order valence-electron chi connectivity index (χ4n) is 4.28. The number of rotatable bonds is 19. The highest BCUT2D eigenvalue weighted by molar-refractivity contribution is 7.90. The van der Waals surface area contributed by atoms with E-state index in [2.05, 4.69) is 16.0 Å². The lowest BCUT2D eigenvalue weighted by Gasteiger charge is -2.27. The van der Waals surface area contributed by atoms with Crippen LogP contribution in [0.5, 0.6) is 11.5 Å². The molecule has 2 aromatic carbocycles. The van der Waals surface area contributed by atoms with Crippen molar-refractivity contribution in [3.05, 3.63) is 76.1 Å². The van der Waals surface area contributed by atoms with Gasteiger partial charge in [-0.15, -0.1) is 0 Å². The first-order valence-electron chi connectivity index (χ1n) is 14.4. The van der Waals surface area contributed by atoms with Gasteiger partial charge in [0.2, 0.25) is 15.0 Å². The van der Waals surface area contributed by atoms with Gasteiger partial charge in [-0.3, -0.25) is 0 Å². The minimum absolute atomic E-state index is 0.177. The highest BCUT2D eigenvalue weighted by atomic mass is 35.5. The summed E-state index contributed by atoms with van der Waals surface area (Å²) in [5, 5.41) is 18.5. The van der Waals surface area contributed by atoms with Gasteiger partial charge < -0.3 is 24.1 Å². The molecule has 13 heteroatoms. The van der Waals surface area contributed by atoms with E-state index in [1.165, 1.54) is 12.4 Å². The molecule has 0 spiro atoms. The van der Waals surface area contributed by atoms with Gasteiger partial charge in [0.1, 0.15) is 25.0 Å². The maximum absolute atomic E-state index is 11.5. The van der Waals surface area contributed by atoms with Crippen LogP contribution < -0.4 is 9.47 Å². The van der Waals surface area contributed by atoms with E-state index in [1.807, 2.05) is 44.2 Å². The number of aliphatic carboxylic acids is 1. The number of hydrogen-bond donors (Lipinski definition) is 1. The van der Waals surface area contributed by atoms with E-state index in [4.69, 9.17) is 35.7 Å². The Morgan fingerprint density at radius 1 is 0.933 bits per heavy atom. The largest absolute Gasteiger partial charge is 0.491 e. The maximum atomic E-state index is 11.5. The lowest BCUT2D eigenvalue weighted by Crippen LogP contribution is -2.19. The molecule has 0 saturated carbocycles. The van der Waals surface area contributed by atoms with E-state index in [-0.39, 0.29) is 18.4 Å². The number of hydrogen-bond acceptors (Lipinski definition) is 10. The predicted molar refractivity (Wildman–Crippen MR) is 167 cm³/mol. The first-order valence-corrected chi connectivity index (χ1v) is 16.7. The lowest BCUT2D eigenvalue weighted by molar-refractivity contribution is -0.142. The molecular formula is C32H38ClN3O8S. The van der Waals surface area contributed by atoms with E-state index in [1.54, 1.807) is 6.07 Å². The van der Waals surface area contributed by atoms with Crippen LogP contribution in [-0.2, 0) is 36.1 Å². The Balaban J connectivity index is 1.49. The number of unbranched alkanes of at least 4 members (excludes halogenated alkanes) is 2. The molecule has 0 saturated heterocycles. The number of carboxylic acids is 1. The number of ether oxygens (including phenoxy) is 4. The number of sulfone groups is 1. The topological polar surface area (TPSA) is 158 Å². The molecule has 0 unspecified atom stereocenters. The molecule has 242 valence electrons. The Bertz CT molecular complexity index is 1560. The fourth-order valence-corrected chi connectivity index (χ4v) is 5.04. The van der Waals surface area contributed by atoms with Gasteiger partial charge in [0.05, 0.1) is 17.2 Å². The molecule has 0 atom stereocenters. The van der Waals surface area contributed by atoms with Gasteiger partial charge in [-0.2, -0.15) is 5.26 Å². The third-order valence-electron chi connectivity index (χ3n) is 6.86. The summed E-state index contributed by atoms with van der Waals surface area (Å²) in [5.41, 5.74) is 2.36. The number of nitrogens with zero attached hydrogens (tertiary/aromatic N) is 3. The number of nitriles is 1. The van der Waals surface area contributed by atoms with Crippen LogP contribution in [0.3, 0.4) is 0 Å². The van der Waals surface area contributed by atoms with Crippen LogP contribution in [0.2, 0.25) is 5.02 Å². The molecule has 0 aliphatic carbocycles. The molecule has 45 heavy (non-hydrogen) atoms. The molecule has 0 aliphatic heterocycles. The Kier molecular flexibility index (Phi) is 13.6. The van der Waals surface area contributed by atoms with Crippen molar-refractivity contribution in [1.29, 1.82) is 5.26 Å². The van der Waals surface area contributed by atoms with E-state index in [0.717, 1.165) is 36.6 Å². The van der Waals surface area contributed by atoms with Crippen molar-refractivity contribution in [1.82, 2.24) is 9.97 Å². The van der Waals surface area contributed by atoms with Crippen LogP contribution >= 0.6 is 11.6 Å². The Labute approximate surface area is 269 Å². The van der Waals surface area contributed by atoms with Gasteiger partial charge in [-0.1, -0.05) is 37.6 Å². The molecule has 0 radical (unpaired) electrons. The van der Waals surface area contributed by atoms with Gasteiger partial charge in [0.15, 0.2) is 5.75 Å². The summed E-state index contributed by atoms with van der Waals surface area (Å²) in [6.07, 6.45) is 7.04. The molecule has 11 nitrogen and oxygen atoms in total. The van der Waals surface area contributed by atoms with Crippen LogP contribution in [0.25, 0.3) is 0 Å². The van der Waals surface area contributed by atoms with Gasteiger partial charge >= 0.3 is 5.97 Å². The molecule has 3 aromatic rings. The zero-order valence-corrected chi connectivity index (χ0v) is 27.2. The number of carboxylic acid groups (broad SMARTS) is 1. The second kappa shape index (κ2) is 17.1. The van der Waals surface area contributed by atoms with Crippen molar-refractivity contribution < 1.29 is 37.3 Å². The molecule has 1 aromatic heterocycles. The average Bonchev–Trinajstić information content (AvgIpc) is 3.00. The molecule has 0 amide bonds. The van der Waals surface area contributed by atoms with Gasteiger partial charge in [-0.05, 0) is 61.1 Å². The molecule has 3 rings (SSSR count). The third-order valence-corrected chi connectivity index (χ3v) is 8.02. The summed E-state index contributed by atoms with van der Waals surface area (Å²) in [7, 11) is -3.47. The molecule has 0 fully saturated rings. The van der Waals surface area contributed by atoms with Crippen LogP contribution in [-0.4, -0.2) is 68.8 Å². The smallest absolute Gasteiger partial charge is 0.329 e. The van der Waals surface area contributed by atoms with Crippen LogP contribution in [0.1, 0.15) is 61.8 Å². The van der Waals surface area contributed by atoms with Crippen molar-refractivity contribution in [2.24, 2.45) is 0 Å². The number of aromatic nitrogens is 2. The maximum Gasteiger partial charge on any atom is 0.329 e. The first kappa shape index (κ1) is 35.7. The average molecular weight is 660 g/mol. The molecular weight excluding hydrogens is 622 g/mol. The molecule has 0 bridgehead atoms. The predicted octanol–water partition coefficient (Wildman–Crippen LogP) is 5.37. The standard InChI is InChI=1S/C32H38ClN3O8S/c1-32(2,25-8-10-27(11-9-25)44-21-23-19-35-31(36-20-23)45(3,39)40)26-16-24(18-34)30(28(33)17-26)43-15-6-4-5-12-41-13-7-14-42-22-29(37)38/h8-11,16-17,19-20H,4-7,12-15,21-22H2,1-3H3,(H,37,38). The molecule has 0 aliphatic rings. The van der Waals surface area contributed by atoms with Crippen molar-refractivity contribution >= 4 is 27.4 Å². The monoisotopic (exact) mass is 659 g/mol. The van der Waals surface area contributed by atoms with Crippen LogP contribution in [0, 0.1) is 11.3 Å². The fraction of sp³-hybridized carbons (Fsp3) is 0.438. The second-order valence-electron chi connectivity index (χ2n) is 10.9. The van der Waals surface area contributed by atoms with Crippen molar-refractivity contribution in [3.8, 4) is 17.6 Å². The summed E-state index contributed by atoms with van der Waals surface area (Å²) in [4.78, 5) is 18.1. The lowest BCUT2D eigenvalue weighted by atomic mass is 9.77. The normalized spacial score (nSPS) is 11.6. The van der Waals surface area contributed by atoms with E-state index >= 15 is 0 Å². The van der Waals surface area contributed by atoms with Gasteiger partial charge in [0.25, 0.3) is 0 Å². The Morgan fingerprint density at radius 3 is 2.22 bits per heavy atom. The molecule has 1 N–H and O–H groups in total. The van der Waals surface area contributed by atoms with Crippen LogP contribution in [0.4, 0.5) is 0 Å². The summed E-state index contributed by atoms with van der Waals surface area (Å²) in [6.45, 7) is 5.84. The van der Waals surface area contributed by atoms with Gasteiger partial charge in [0, 0.05) is 49.4 Å². The van der Waals surface area contributed by atoms with E-state index in [0.29, 0.717) is 60.5 Å². The van der Waals surface area contributed by atoms with Gasteiger partial charge in [-0.25, -0.2) is 23.2 Å². The SMILES string of the molecule is CC(C)(c1ccc(OCc2cnc(S(C)(=O)=O)nc2)cc1)c1cc(Cl)c(OCCCCCOCCCOCC(=O)O)c(C#N)c1. The minimum atomic E-state index is -3.47. The summed E-state index contributed by atoms with van der Waals surface area (Å²) in [6, 6.07) is 13.4. The zero-order chi connectivity index (χ0) is 32.9. The molecule has 1 heterocycles. The van der Waals surface area contributed by atoms with Crippen molar-refractivity contribution in [3.63, 3.8) is 0 Å². The summed E-state index contributed by atoms with van der Waals surface area (Å²) >= 11 is 6.61. The Morgan fingerprint density at radius 2 is 1.58 bits per heavy atom. The third kappa shape index (κ3) is 11.3. The number of halogens is 1. The first-order chi connectivity index (χ1) is 21.4. The number of benzene rings is 2. The van der Waals surface area contributed by atoms with E-state index in [9.17, 15) is 18.5 Å². The zero-order valence-electron chi connectivity index (χ0n) is 25.6. The van der Waals surface area contributed by atoms with Crippen LogP contribution in [0.15, 0.2) is 53.9 Å². The highest BCUT2D eigenvalue weighted by Gasteiger charge is 2.26.